The largest absolute Gasteiger partial charge is 0.494 e. The third kappa shape index (κ3) is 4.00. The van der Waals surface area contributed by atoms with Gasteiger partial charge >= 0.3 is 5.69 Å². The lowest BCUT2D eigenvalue weighted by Crippen LogP contribution is -2.41. The van der Waals surface area contributed by atoms with Crippen molar-refractivity contribution in [3.05, 3.63) is 58.7 Å². The maximum absolute atomic E-state index is 12.8. The Morgan fingerprint density at radius 3 is 2.41 bits per heavy atom. The summed E-state index contributed by atoms with van der Waals surface area (Å²) in [5.74, 6) is -1.07. The molecule has 0 aliphatic heterocycles. The molecule has 11 heteroatoms. The second-order valence-electron chi connectivity index (χ2n) is 6.41. The Balaban J connectivity index is 2.89. The summed E-state index contributed by atoms with van der Waals surface area (Å²) in [4.78, 5) is 36.0. The summed E-state index contributed by atoms with van der Waals surface area (Å²) in [6.45, 7) is 3.49. The molecule has 0 saturated heterocycles. The van der Waals surface area contributed by atoms with E-state index in [1.54, 1.807) is 13.0 Å². The van der Waals surface area contributed by atoms with Gasteiger partial charge in [-0.15, -0.1) is 0 Å². The molecule has 0 amide bonds. The van der Waals surface area contributed by atoms with E-state index in [9.17, 15) is 24.8 Å². The van der Waals surface area contributed by atoms with Gasteiger partial charge in [-0.1, -0.05) is 0 Å². The predicted octanol–water partition coefficient (Wildman–Crippen LogP) is 1.76. The number of benzene rings is 1. The summed E-state index contributed by atoms with van der Waals surface area (Å²) < 4.78 is 13.0. The molecule has 1 N–H and O–H groups in total. The maximum Gasteiger partial charge on any atom is 0.333 e. The van der Waals surface area contributed by atoms with Gasteiger partial charge in [-0.3, -0.25) is 24.0 Å². The molecule has 2 atom stereocenters. The Morgan fingerprint density at radius 2 is 1.90 bits per heavy atom. The molecule has 29 heavy (non-hydrogen) atoms. The van der Waals surface area contributed by atoms with E-state index in [1.165, 1.54) is 34.2 Å². The fourth-order valence-electron chi connectivity index (χ4n) is 3.14. The maximum atomic E-state index is 12.8. The van der Waals surface area contributed by atoms with E-state index in [-0.39, 0.29) is 5.56 Å². The van der Waals surface area contributed by atoms with Crippen molar-refractivity contribution in [3.8, 4) is 17.4 Å². The third-order valence-electron chi connectivity index (χ3n) is 4.69. The molecule has 0 spiro atoms. The van der Waals surface area contributed by atoms with Gasteiger partial charge in [0.2, 0.25) is 11.9 Å². The number of nitro groups is 1. The summed E-state index contributed by atoms with van der Waals surface area (Å²) >= 11 is 3.37. The topological polar surface area (TPSA) is 126 Å². The molecule has 0 saturated carbocycles. The number of ether oxygens (including phenoxy) is 2. The lowest BCUT2D eigenvalue weighted by molar-refractivity contribution is -0.520. The SMILES string of the molecule is CCOc1c(Br)cc(C(c2c(O)n(C)c(=O)n(C)c2=O)C(C)[N+](=O)[O-])cc1OC. The molecule has 0 aliphatic rings. The number of aromatic nitrogens is 2. The van der Waals surface area contributed by atoms with Gasteiger partial charge in [0.05, 0.1) is 29.7 Å². The second-order valence-corrected chi connectivity index (χ2v) is 7.27. The van der Waals surface area contributed by atoms with E-state index in [1.807, 2.05) is 0 Å². The molecular formula is C18H22BrN3O7. The van der Waals surface area contributed by atoms with Crippen LogP contribution in [0.5, 0.6) is 17.4 Å². The van der Waals surface area contributed by atoms with Gasteiger partial charge < -0.3 is 14.6 Å². The monoisotopic (exact) mass is 471 g/mol. The number of halogens is 1. The zero-order valence-corrected chi connectivity index (χ0v) is 18.2. The Labute approximate surface area is 174 Å². The Bertz CT molecular complexity index is 1060. The van der Waals surface area contributed by atoms with Crippen LogP contribution in [0.2, 0.25) is 0 Å². The Morgan fingerprint density at radius 1 is 1.28 bits per heavy atom. The van der Waals surface area contributed by atoms with Crippen LogP contribution >= 0.6 is 15.9 Å². The first-order valence-corrected chi connectivity index (χ1v) is 9.48. The normalized spacial score (nSPS) is 13.0. The highest BCUT2D eigenvalue weighted by Crippen LogP contribution is 2.41. The minimum Gasteiger partial charge on any atom is -0.494 e. The van der Waals surface area contributed by atoms with E-state index in [4.69, 9.17) is 9.47 Å². The molecule has 0 aliphatic carbocycles. The summed E-state index contributed by atoms with van der Waals surface area (Å²) in [6.07, 6.45) is 0. The van der Waals surface area contributed by atoms with E-state index in [2.05, 4.69) is 15.9 Å². The van der Waals surface area contributed by atoms with Crippen molar-refractivity contribution >= 4 is 15.9 Å². The summed E-state index contributed by atoms with van der Waals surface area (Å²) in [5.41, 5.74) is -1.47. The van der Waals surface area contributed by atoms with E-state index < -0.39 is 34.0 Å². The van der Waals surface area contributed by atoms with E-state index in [0.717, 1.165) is 9.13 Å². The Kier molecular flexibility index (Phi) is 6.73. The van der Waals surface area contributed by atoms with Crippen LogP contribution in [0.3, 0.4) is 0 Å². The van der Waals surface area contributed by atoms with Crippen LogP contribution in [0.25, 0.3) is 0 Å². The minimum absolute atomic E-state index is 0.253. The first-order valence-electron chi connectivity index (χ1n) is 8.69. The molecule has 158 valence electrons. The molecule has 1 aromatic heterocycles. The number of methoxy groups -OCH3 is 1. The van der Waals surface area contributed by atoms with Crippen molar-refractivity contribution in [3.63, 3.8) is 0 Å². The lowest BCUT2D eigenvalue weighted by atomic mass is 9.86. The standard InChI is InChI=1S/C18H22BrN3O7/c1-6-29-15-11(19)7-10(8-12(15)28-5)13(9(2)22(26)27)14-16(23)20(3)18(25)21(4)17(14)24/h7-9,13,23H,6H2,1-5H3. The van der Waals surface area contributed by atoms with Crippen LogP contribution in [0.4, 0.5) is 0 Å². The zero-order valence-electron chi connectivity index (χ0n) is 16.6. The first kappa shape index (κ1) is 22.5. The predicted molar refractivity (Wildman–Crippen MR) is 109 cm³/mol. The van der Waals surface area contributed by atoms with Crippen LogP contribution in [0.1, 0.15) is 30.9 Å². The van der Waals surface area contributed by atoms with Crippen LogP contribution in [-0.4, -0.2) is 38.9 Å². The van der Waals surface area contributed by atoms with Gasteiger partial charge in [0.15, 0.2) is 11.5 Å². The quantitative estimate of drug-likeness (QED) is 0.481. The van der Waals surface area contributed by atoms with E-state index >= 15 is 0 Å². The average Bonchev–Trinajstić information content (AvgIpc) is 2.69. The van der Waals surface area contributed by atoms with Gasteiger partial charge in [-0.25, -0.2) is 4.79 Å². The fourth-order valence-corrected chi connectivity index (χ4v) is 3.72. The smallest absolute Gasteiger partial charge is 0.333 e. The molecule has 0 bridgehead atoms. The highest BCUT2D eigenvalue weighted by Gasteiger charge is 2.37. The van der Waals surface area contributed by atoms with Crippen LogP contribution < -0.4 is 20.7 Å². The first-order chi connectivity index (χ1) is 13.6. The van der Waals surface area contributed by atoms with Crippen LogP contribution in [0, 0.1) is 10.1 Å². The second kappa shape index (κ2) is 8.68. The number of nitrogens with zero attached hydrogens (tertiary/aromatic N) is 3. The molecule has 1 heterocycles. The van der Waals surface area contributed by atoms with Gasteiger partial charge in [0.1, 0.15) is 0 Å². The highest BCUT2D eigenvalue weighted by atomic mass is 79.9. The van der Waals surface area contributed by atoms with Crippen molar-refractivity contribution in [2.75, 3.05) is 13.7 Å². The molecule has 2 aromatic rings. The minimum atomic E-state index is -1.29. The van der Waals surface area contributed by atoms with Gasteiger partial charge in [0.25, 0.3) is 5.56 Å². The molecule has 0 radical (unpaired) electrons. The van der Waals surface area contributed by atoms with Crippen molar-refractivity contribution in [2.24, 2.45) is 14.1 Å². The van der Waals surface area contributed by atoms with Crippen molar-refractivity contribution in [1.29, 1.82) is 0 Å². The molecule has 10 nitrogen and oxygen atoms in total. The average molecular weight is 472 g/mol. The van der Waals surface area contributed by atoms with Crippen molar-refractivity contribution < 1.29 is 19.5 Å². The molecule has 2 rings (SSSR count). The van der Waals surface area contributed by atoms with Crippen molar-refractivity contribution in [1.82, 2.24) is 9.13 Å². The number of hydrogen-bond donors (Lipinski definition) is 1. The number of hydrogen-bond acceptors (Lipinski definition) is 7. The lowest BCUT2D eigenvalue weighted by Gasteiger charge is -2.22. The molecule has 0 fully saturated rings. The van der Waals surface area contributed by atoms with E-state index in [0.29, 0.717) is 28.1 Å². The van der Waals surface area contributed by atoms with Gasteiger partial charge in [-0.2, -0.15) is 0 Å². The van der Waals surface area contributed by atoms with Crippen LogP contribution in [-0.2, 0) is 14.1 Å². The van der Waals surface area contributed by atoms with Gasteiger partial charge in [-0.05, 0) is 40.5 Å². The highest BCUT2D eigenvalue weighted by molar-refractivity contribution is 9.10. The fraction of sp³-hybridized carbons (Fsp3) is 0.444. The summed E-state index contributed by atoms with van der Waals surface area (Å²) in [5, 5.41) is 22.2. The third-order valence-corrected chi connectivity index (χ3v) is 5.28. The van der Waals surface area contributed by atoms with Crippen molar-refractivity contribution in [2.45, 2.75) is 25.8 Å². The zero-order chi connectivity index (χ0) is 22.0. The Hall–Kier alpha value is -2.82. The molecular weight excluding hydrogens is 450 g/mol. The van der Waals surface area contributed by atoms with Gasteiger partial charge in [0, 0.05) is 25.9 Å². The molecule has 1 aromatic carbocycles. The summed E-state index contributed by atoms with van der Waals surface area (Å²) in [6, 6.07) is 1.80. The molecule has 2 unspecified atom stereocenters. The number of aromatic hydroxyl groups is 1. The summed E-state index contributed by atoms with van der Waals surface area (Å²) in [7, 11) is 3.95. The number of rotatable bonds is 7. The van der Waals surface area contributed by atoms with Crippen LogP contribution in [0.15, 0.2) is 26.2 Å².